The molecule has 4 nitrogen and oxygen atoms in total. The Balaban J connectivity index is 3.00. The fraction of sp³-hybridized carbons (Fsp3) is 0.364. The second-order valence-electron chi connectivity index (χ2n) is 3.43. The van der Waals surface area contributed by atoms with Gasteiger partial charge in [0, 0.05) is 11.6 Å². The standard InChI is InChI=1S/C11H11F3O4/c1-2-18-11(17)10(16)9(15)5-3-7(13)8(14)4-6(5)12/h3-4,9-10,15-16H,2H2,1H3. The van der Waals surface area contributed by atoms with Crippen molar-refractivity contribution in [3.05, 3.63) is 35.1 Å². The number of aliphatic hydroxyl groups excluding tert-OH is 2. The van der Waals surface area contributed by atoms with Crippen LogP contribution in [0.25, 0.3) is 0 Å². The van der Waals surface area contributed by atoms with Gasteiger partial charge in [0.25, 0.3) is 0 Å². The van der Waals surface area contributed by atoms with Crippen LogP contribution in [-0.4, -0.2) is 28.9 Å². The zero-order chi connectivity index (χ0) is 13.9. The summed E-state index contributed by atoms with van der Waals surface area (Å²) in [7, 11) is 0. The lowest BCUT2D eigenvalue weighted by Gasteiger charge is -2.17. The maximum absolute atomic E-state index is 13.3. The Morgan fingerprint density at radius 1 is 1.22 bits per heavy atom. The molecule has 0 heterocycles. The SMILES string of the molecule is CCOC(=O)C(O)C(O)c1cc(F)c(F)cc1F. The Bertz CT molecular complexity index is 450. The number of rotatable bonds is 4. The van der Waals surface area contributed by atoms with Gasteiger partial charge in [0.1, 0.15) is 11.9 Å². The smallest absolute Gasteiger partial charge is 0.338 e. The van der Waals surface area contributed by atoms with Gasteiger partial charge in [0.05, 0.1) is 6.61 Å². The molecule has 0 spiro atoms. The van der Waals surface area contributed by atoms with Gasteiger partial charge in [0.15, 0.2) is 17.7 Å². The van der Waals surface area contributed by atoms with Gasteiger partial charge in [-0.1, -0.05) is 0 Å². The largest absolute Gasteiger partial charge is 0.464 e. The van der Waals surface area contributed by atoms with Gasteiger partial charge in [-0.3, -0.25) is 0 Å². The molecule has 0 saturated carbocycles. The van der Waals surface area contributed by atoms with Crippen LogP contribution in [0.15, 0.2) is 12.1 Å². The molecule has 0 aliphatic heterocycles. The summed E-state index contributed by atoms with van der Waals surface area (Å²) in [5.41, 5.74) is -0.727. The molecular formula is C11H11F3O4. The molecule has 7 heteroatoms. The predicted octanol–water partition coefficient (Wildman–Crippen LogP) is 1.06. The number of benzene rings is 1. The normalized spacial score (nSPS) is 14.1. The van der Waals surface area contributed by atoms with Gasteiger partial charge in [0.2, 0.25) is 0 Å². The van der Waals surface area contributed by atoms with Crippen LogP contribution < -0.4 is 0 Å². The van der Waals surface area contributed by atoms with Gasteiger partial charge >= 0.3 is 5.97 Å². The zero-order valence-corrected chi connectivity index (χ0v) is 9.36. The van der Waals surface area contributed by atoms with Gasteiger partial charge in [-0.25, -0.2) is 18.0 Å². The third-order valence-corrected chi connectivity index (χ3v) is 2.19. The number of carbonyl (C=O) groups is 1. The lowest BCUT2D eigenvalue weighted by atomic mass is 10.0. The van der Waals surface area contributed by atoms with Crippen LogP contribution in [0.3, 0.4) is 0 Å². The molecule has 0 radical (unpaired) electrons. The van der Waals surface area contributed by atoms with Crippen molar-refractivity contribution in [2.24, 2.45) is 0 Å². The monoisotopic (exact) mass is 264 g/mol. The predicted molar refractivity (Wildman–Crippen MR) is 53.9 cm³/mol. The van der Waals surface area contributed by atoms with E-state index >= 15 is 0 Å². The Hall–Kier alpha value is -1.60. The summed E-state index contributed by atoms with van der Waals surface area (Å²) < 4.78 is 43.2. The van der Waals surface area contributed by atoms with Crippen molar-refractivity contribution >= 4 is 5.97 Å². The molecule has 1 rings (SSSR count). The summed E-state index contributed by atoms with van der Waals surface area (Å²) in [4.78, 5) is 11.1. The minimum atomic E-state index is -2.08. The van der Waals surface area contributed by atoms with Crippen LogP contribution >= 0.6 is 0 Å². The van der Waals surface area contributed by atoms with Crippen LogP contribution in [0.2, 0.25) is 0 Å². The molecule has 0 saturated heterocycles. The molecule has 0 fully saturated rings. The van der Waals surface area contributed by atoms with E-state index in [4.69, 9.17) is 0 Å². The van der Waals surface area contributed by atoms with Crippen LogP contribution in [0, 0.1) is 17.5 Å². The van der Waals surface area contributed by atoms with Crippen LogP contribution in [-0.2, 0) is 9.53 Å². The molecule has 1 aromatic carbocycles. The maximum Gasteiger partial charge on any atom is 0.338 e. The van der Waals surface area contributed by atoms with Crippen molar-refractivity contribution in [2.75, 3.05) is 6.61 Å². The Morgan fingerprint density at radius 2 is 1.78 bits per heavy atom. The molecule has 0 aliphatic carbocycles. The highest BCUT2D eigenvalue weighted by Crippen LogP contribution is 2.23. The molecule has 1 aromatic rings. The molecule has 2 unspecified atom stereocenters. The van der Waals surface area contributed by atoms with Gasteiger partial charge in [-0.05, 0) is 13.0 Å². The number of ether oxygens (including phenoxy) is 1. The molecule has 18 heavy (non-hydrogen) atoms. The summed E-state index contributed by atoms with van der Waals surface area (Å²) in [5, 5.41) is 18.9. The molecule has 2 N–H and O–H groups in total. The summed E-state index contributed by atoms with van der Waals surface area (Å²) >= 11 is 0. The average Bonchev–Trinajstić information content (AvgIpc) is 2.32. The third-order valence-electron chi connectivity index (χ3n) is 2.19. The highest BCUT2D eigenvalue weighted by Gasteiger charge is 2.29. The van der Waals surface area contributed by atoms with Crippen molar-refractivity contribution in [3.8, 4) is 0 Å². The summed E-state index contributed by atoms with van der Waals surface area (Å²) in [6.45, 7) is 1.41. The molecule has 0 amide bonds. The van der Waals surface area contributed by atoms with E-state index in [0.717, 1.165) is 0 Å². The fourth-order valence-corrected chi connectivity index (χ4v) is 1.29. The third kappa shape index (κ3) is 2.99. The topological polar surface area (TPSA) is 66.8 Å². The molecule has 0 aliphatic rings. The maximum atomic E-state index is 13.3. The van der Waals surface area contributed by atoms with Crippen LogP contribution in [0.5, 0.6) is 0 Å². The first-order valence-corrected chi connectivity index (χ1v) is 5.05. The first-order valence-electron chi connectivity index (χ1n) is 5.05. The molecule has 2 atom stereocenters. The van der Waals surface area contributed by atoms with E-state index in [0.29, 0.717) is 6.07 Å². The Labute approximate surface area is 101 Å². The minimum Gasteiger partial charge on any atom is -0.464 e. The van der Waals surface area contributed by atoms with Gasteiger partial charge in [-0.15, -0.1) is 0 Å². The number of carbonyl (C=O) groups excluding carboxylic acids is 1. The number of hydrogen-bond donors (Lipinski definition) is 2. The van der Waals surface area contributed by atoms with Crippen LogP contribution in [0.1, 0.15) is 18.6 Å². The second-order valence-corrected chi connectivity index (χ2v) is 3.43. The van der Waals surface area contributed by atoms with E-state index in [1.54, 1.807) is 0 Å². The van der Waals surface area contributed by atoms with E-state index in [1.165, 1.54) is 6.92 Å². The lowest BCUT2D eigenvalue weighted by Crippen LogP contribution is -2.30. The van der Waals surface area contributed by atoms with E-state index in [1.807, 2.05) is 0 Å². The molecule has 100 valence electrons. The fourth-order valence-electron chi connectivity index (χ4n) is 1.29. The summed E-state index contributed by atoms with van der Waals surface area (Å²) in [5.74, 6) is -5.30. The van der Waals surface area contributed by atoms with E-state index in [2.05, 4.69) is 4.74 Å². The minimum absolute atomic E-state index is 0.0527. The first-order chi connectivity index (χ1) is 8.38. The van der Waals surface area contributed by atoms with E-state index < -0.39 is 41.2 Å². The van der Waals surface area contributed by atoms with Gasteiger partial charge in [-0.2, -0.15) is 0 Å². The summed E-state index contributed by atoms with van der Waals surface area (Å²) in [6.07, 6.45) is -4.12. The molecule has 0 aromatic heterocycles. The van der Waals surface area contributed by atoms with Crippen molar-refractivity contribution in [3.63, 3.8) is 0 Å². The van der Waals surface area contributed by atoms with Crippen molar-refractivity contribution in [1.82, 2.24) is 0 Å². The van der Waals surface area contributed by atoms with E-state index in [-0.39, 0.29) is 12.7 Å². The highest BCUT2D eigenvalue weighted by molar-refractivity contribution is 5.75. The Kier molecular flexibility index (Phi) is 4.69. The lowest BCUT2D eigenvalue weighted by molar-refractivity contribution is -0.159. The highest BCUT2D eigenvalue weighted by atomic mass is 19.2. The van der Waals surface area contributed by atoms with Crippen LogP contribution in [0.4, 0.5) is 13.2 Å². The number of aliphatic hydroxyl groups is 2. The second kappa shape index (κ2) is 5.83. The Morgan fingerprint density at radius 3 is 2.33 bits per heavy atom. The summed E-state index contributed by atoms with van der Waals surface area (Å²) in [6, 6.07) is 0.587. The quantitative estimate of drug-likeness (QED) is 0.630. The van der Waals surface area contributed by atoms with Crippen molar-refractivity contribution in [1.29, 1.82) is 0 Å². The zero-order valence-electron chi connectivity index (χ0n) is 9.36. The van der Waals surface area contributed by atoms with E-state index in [9.17, 15) is 28.2 Å². The number of hydrogen-bond acceptors (Lipinski definition) is 4. The average molecular weight is 264 g/mol. The number of halogens is 3. The van der Waals surface area contributed by atoms with Gasteiger partial charge < -0.3 is 14.9 Å². The first kappa shape index (κ1) is 14.5. The number of esters is 1. The van der Waals surface area contributed by atoms with Crippen molar-refractivity contribution < 1.29 is 32.9 Å². The molecular weight excluding hydrogens is 253 g/mol. The van der Waals surface area contributed by atoms with Crippen molar-refractivity contribution in [2.45, 2.75) is 19.1 Å². The molecule has 0 bridgehead atoms.